The largest absolute Gasteiger partial charge is 0.304 e. The maximum absolute atomic E-state index is 12.6. The van der Waals surface area contributed by atoms with Crippen molar-refractivity contribution < 1.29 is 4.79 Å². The highest BCUT2D eigenvalue weighted by atomic mass is 16.2. The molecule has 0 saturated carbocycles. The average Bonchev–Trinajstić information content (AvgIpc) is 3.11. The number of hydrogen-bond donors (Lipinski definition) is 1. The van der Waals surface area contributed by atoms with Crippen molar-refractivity contribution >= 4 is 22.6 Å². The van der Waals surface area contributed by atoms with Crippen molar-refractivity contribution in [3.05, 3.63) is 70.9 Å². The van der Waals surface area contributed by atoms with Gasteiger partial charge in [0, 0.05) is 17.8 Å². The maximum Gasteiger partial charge on any atom is 0.277 e. The summed E-state index contributed by atoms with van der Waals surface area (Å²) in [4.78, 5) is 25.2. The molecule has 3 heterocycles. The summed E-state index contributed by atoms with van der Waals surface area (Å²) in [6.07, 6.45) is 5.66. The van der Waals surface area contributed by atoms with Crippen LogP contribution in [-0.2, 0) is 0 Å². The van der Waals surface area contributed by atoms with Crippen LogP contribution in [0.25, 0.3) is 16.7 Å². The van der Waals surface area contributed by atoms with Crippen molar-refractivity contribution in [1.29, 1.82) is 5.26 Å². The zero-order valence-electron chi connectivity index (χ0n) is 16.1. The molecule has 1 aromatic carbocycles. The highest BCUT2D eigenvalue weighted by molar-refractivity contribution is 6.03. The minimum absolute atomic E-state index is 0.137. The molecule has 8 heteroatoms. The molecule has 0 unspecified atom stereocenters. The van der Waals surface area contributed by atoms with Gasteiger partial charge in [0.1, 0.15) is 17.3 Å². The summed E-state index contributed by atoms with van der Waals surface area (Å²) < 4.78 is 1.46. The first kappa shape index (κ1) is 18.3. The number of carbonyl (C=O) groups excluding carboxylic acids is 1. The third-order valence-electron chi connectivity index (χ3n) is 4.58. The zero-order chi connectivity index (χ0) is 20.5. The Morgan fingerprint density at radius 1 is 1.10 bits per heavy atom. The summed E-state index contributed by atoms with van der Waals surface area (Å²) in [5, 5.41) is 17.5. The highest BCUT2D eigenvalue weighted by Gasteiger charge is 2.18. The van der Waals surface area contributed by atoms with Crippen LogP contribution in [0.3, 0.4) is 0 Å². The summed E-state index contributed by atoms with van der Waals surface area (Å²) in [7, 11) is 0. The molecule has 0 radical (unpaired) electrons. The van der Waals surface area contributed by atoms with Gasteiger partial charge in [0.15, 0.2) is 11.6 Å². The number of carbonyl (C=O) groups is 1. The number of pyridine rings is 1. The Morgan fingerprint density at radius 2 is 1.93 bits per heavy atom. The molecule has 0 bridgehead atoms. The van der Waals surface area contributed by atoms with Crippen molar-refractivity contribution in [2.45, 2.75) is 20.8 Å². The highest BCUT2D eigenvalue weighted by Crippen LogP contribution is 2.26. The van der Waals surface area contributed by atoms with Crippen LogP contribution >= 0.6 is 0 Å². The molecule has 0 saturated heterocycles. The van der Waals surface area contributed by atoms with Crippen LogP contribution in [-0.4, -0.2) is 30.6 Å². The quantitative estimate of drug-likeness (QED) is 0.581. The van der Waals surface area contributed by atoms with Gasteiger partial charge in [-0.25, -0.2) is 9.97 Å². The number of nitrogens with zero attached hydrogens (tertiary/aromatic N) is 6. The molecule has 0 fully saturated rings. The Kier molecular flexibility index (Phi) is 4.49. The fourth-order valence-corrected chi connectivity index (χ4v) is 3.25. The van der Waals surface area contributed by atoms with E-state index in [9.17, 15) is 10.1 Å². The standard InChI is InChI=1S/C21H17N7O/c1-12-6-14(3)19-16(7-12)13(2)8-18(26-19)28-20(15(9-22)10-25-28)27-21(29)17-11-23-4-5-24-17/h4-8,10-11H,1-3H3,(H,27,29). The van der Waals surface area contributed by atoms with Gasteiger partial charge in [0.2, 0.25) is 0 Å². The van der Waals surface area contributed by atoms with Crippen molar-refractivity contribution in [3.63, 3.8) is 0 Å². The minimum Gasteiger partial charge on any atom is -0.304 e. The van der Waals surface area contributed by atoms with Crippen molar-refractivity contribution in [3.8, 4) is 11.9 Å². The van der Waals surface area contributed by atoms with E-state index < -0.39 is 5.91 Å². The van der Waals surface area contributed by atoms with Crippen molar-refractivity contribution in [2.75, 3.05) is 5.32 Å². The second kappa shape index (κ2) is 7.13. The summed E-state index contributed by atoms with van der Waals surface area (Å²) in [5.41, 5.74) is 4.45. The molecule has 29 heavy (non-hydrogen) atoms. The minimum atomic E-state index is -0.485. The van der Waals surface area contributed by atoms with E-state index >= 15 is 0 Å². The Hall–Kier alpha value is -4.12. The van der Waals surface area contributed by atoms with E-state index in [0.717, 1.165) is 27.6 Å². The molecular formula is C21H17N7O. The van der Waals surface area contributed by atoms with E-state index in [2.05, 4.69) is 38.6 Å². The first-order valence-corrected chi connectivity index (χ1v) is 8.92. The van der Waals surface area contributed by atoms with Crippen LogP contribution in [0, 0.1) is 32.1 Å². The van der Waals surface area contributed by atoms with E-state index in [-0.39, 0.29) is 17.1 Å². The fraction of sp³-hybridized carbons (Fsp3) is 0.143. The average molecular weight is 383 g/mol. The molecule has 0 aliphatic heterocycles. The van der Waals surface area contributed by atoms with E-state index in [1.54, 1.807) is 0 Å². The van der Waals surface area contributed by atoms with Crippen molar-refractivity contribution in [2.24, 2.45) is 0 Å². The van der Waals surface area contributed by atoms with Crippen LogP contribution in [0.4, 0.5) is 5.82 Å². The summed E-state index contributed by atoms with van der Waals surface area (Å²) >= 11 is 0. The molecule has 0 atom stereocenters. The van der Waals surface area contributed by atoms with E-state index in [1.807, 2.05) is 26.8 Å². The number of nitrogens with one attached hydrogen (secondary N) is 1. The second-order valence-corrected chi connectivity index (χ2v) is 6.75. The number of benzene rings is 1. The number of aromatic nitrogens is 5. The summed E-state index contributed by atoms with van der Waals surface area (Å²) in [5.74, 6) is 0.262. The van der Waals surface area contributed by atoms with Crippen LogP contribution in [0.2, 0.25) is 0 Å². The molecule has 0 aliphatic rings. The fourth-order valence-electron chi connectivity index (χ4n) is 3.25. The molecule has 1 N–H and O–H groups in total. The van der Waals surface area contributed by atoms with E-state index in [1.165, 1.54) is 29.5 Å². The first-order chi connectivity index (χ1) is 14.0. The number of amides is 1. The lowest BCUT2D eigenvalue weighted by Crippen LogP contribution is -2.18. The number of hydrogen-bond acceptors (Lipinski definition) is 6. The molecule has 0 spiro atoms. The normalized spacial score (nSPS) is 10.7. The molecule has 8 nitrogen and oxygen atoms in total. The molecule has 142 valence electrons. The summed E-state index contributed by atoms with van der Waals surface area (Å²) in [6, 6.07) is 8.09. The predicted octanol–water partition coefficient (Wildman–Crippen LogP) is 3.26. The number of aryl methyl sites for hydroxylation is 3. The molecular weight excluding hydrogens is 366 g/mol. The van der Waals surface area contributed by atoms with Crippen molar-refractivity contribution in [1.82, 2.24) is 24.7 Å². The Labute approximate surface area is 166 Å². The third kappa shape index (κ3) is 3.30. The topological polar surface area (TPSA) is 109 Å². The first-order valence-electron chi connectivity index (χ1n) is 8.92. The smallest absolute Gasteiger partial charge is 0.277 e. The molecule has 3 aromatic heterocycles. The van der Waals surface area contributed by atoms with E-state index in [4.69, 9.17) is 4.98 Å². The monoisotopic (exact) mass is 383 g/mol. The van der Waals surface area contributed by atoms with Crippen LogP contribution in [0.1, 0.15) is 32.7 Å². The number of fused-ring (bicyclic) bond motifs is 1. The van der Waals surface area contributed by atoms with Gasteiger partial charge in [-0.05, 0) is 44.0 Å². The zero-order valence-corrected chi connectivity index (χ0v) is 16.1. The van der Waals surface area contributed by atoms with Crippen LogP contribution in [0.5, 0.6) is 0 Å². The molecule has 0 aliphatic carbocycles. The van der Waals surface area contributed by atoms with Gasteiger partial charge >= 0.3 is 0 Å². The lowest BCUT2D eigenvalue weighted by atomic mass is 10.0. The SMILES string of the molecule is Cc1cc(C)c2nc(-n3ncc(C#N)c3NC(=O)c3cnccn3)cc(C)c2c1. The van der Waals surface area contributed by atoms with Gasteiger partial charge in [-0.2, -0.15) is 15.0 Å². The van der Waals surface area contributed by atoms with Gasteiger partial charge in [0.05, 0.1) is 17.9 Å². The number of nitriles is 1. The van der Waals surface area contributed by atoms with E-state index in [0.29, 0.717) is 5.82 Å². The Morgan fingerprint density at radius 3 is 2.66 bits per heavy atom. The van der Waals surface area contributed by atoms with Gasteiger partial charge < -0.3 is 5.32 Å². The van der Waals surface area contributed by atoms with Gasteiger partial charge in [-0.1, -0.05) is 11.6 Å². The van der Waals surface area contributed by atoms with Gasteiger partial charge in [-0.15, -0.1) is 0 Å². The molecule has 1 amide bonds. The van der Waals surface area contributed by atoms with Gasteiger partial charge in [0.25, 0.3) is 5.91 Å². The number of rotatable bonds is 3. The molecule has 4 rings (SSSR count). The second-order valence-electron chi connectivity index (χ2n) is 6.75. The van der Waals surface area contributed by atoms with Gasteiger partial charge in [-0.3, -0.25) is 9.78 Å². The predicted molar refractivity (Wildman–Crippen MR) is 108 cm³/mol. The van der Waals surface area contributed by atoms with Crippen LogP contribution in [0.15, 0.2) is 43.0 Å². The third-order valence-corrected chi connectivity index (χ3v) is 4.58. The Balaban J connectivity index is 1.83. The maximum atomic E-state index is 12.6. The molecule has 4 aromatic rings. The van der Waals surface area contributed by atoms with Crippen LogP contribution < -0.4 is 5.32 Å². The lowest BCUT2D eigenvalue weighted by molar-refractivity contribution is 0.102. The lowest BCUT2D eigenvalue weighted by Gasteiger charge is -2.12. The Bertz CT molecular complexity index is 1290. The summed E-state index contributed by atoms with van der Waals surface area (Å²) in [6.45, 7) is 6.05. The number of anilines is 1.